The fourth-order valence-corrected chi connectivity index (χ4v) is 16.0. The van der Waals surface area contributed by atoms with Crippen LogP contribution >= 0.6 is 0 Å². The van der Waals surface area contributed by atoms with E-state index in [1.165, 1.54) is 43.9 Å². The van der Waals surface area contributed by atoms with Gasteiger partial charge in [-0.15, -0.1) is 0 Å². The van der Waals surface area contributed by atoms with Crippen LogP contribution in [-0.4, -0.2) is 11.3 Å². The molecule has 17 rings (SSSR count). The molecular formula is C98H78BN5. The molecule has 498 valence electrons. The summed E-state index contributed by atoms with van der Waals surface area (Å²) in [6.07, 6.45) is 0. The van der Waals surface area contributed by atoms with Gasteiger partial charge in [0, 0.05) is 61.5 Å². The van der Waals surface area contributed by atoms with Crippen LogP contribution in [0.15, 0.2) is 309 Å². The van der Waals surface area contributed by atoms with E-state index in [2.05, 4.69) is 373 Å². The highest BCUT2D eigenvalue weighted by Crippen LogP contribution is 2.56. The molecule has 3 heterocycles. The number of hydrogen-bond acceptors (Lipinski definition) is 3. The van der Waals surface area contributed by atoms with Gasteiger partial charge in [-0.3, -0.25) is 0 Å². The van der Waals surface area contributed by atoms with Crippen molar-refractivity contribution >= 4 is 84.7 Å². The van der Waals surface area contributed by atoms with Crippen molar-refractivity contribution in [3.05, 3.63) is 343 Å². The van der Waals surface area contributed by atoms with Crippen molar-refractivity contribution in [2.24, 2.45) is 0 Å². The first-order chi connectivity index (χ1) is 50.4. The molecule has 0 unspecified atom stereocenters. The molecule has 0 radical (unpaired) electrons. The van der Waals surface area contributed by atoms with Crippen LogP contribution in [0.2, 0.25) is 0 Å². The molecule has 2 aliphatic rings. The van der Waals surface area contributed by atoms with Gasteiger partial charge in [0.15, 0.2) is 5.69 Å². The Balaban J connectivity index is 1.06. The molecular weight excluding hydrogens is 1260 g/mol. The summed E-state index contributed by atoms with van der Waals surface area (Å²) in [6.45, 7) is 28.6. The maximum absolute atomic E-state index is 10.1. The second kappa shape index (κ2) is 25.2. The van der Waals surface area contributed by atoms with E-state index >= 15 is 0 Å². The largest absolute Gasteiger partial charge is 0.310 e. The maximum atomic E-state index is 10.1. The zero-order valence-electron chi connectivity index (χ0n) is 60.3. The number of benzene rings is 14. The average molecular weight is 1340 g/mol. The molecule has 14 aromatic carbocycles. The van der Waals surface area contributed by atoms with Crippen LogP contribution in [0.4, 0.5) is 39.8 Å². The summed E-state index contributed by atoms with van der Waals surface area (Å²) >= 11 is 0. The minimum atomic E-state index is -0.377. The third-order valence-electron chi connectivity index (χ3n) is 21.5. The van der Waals surface area contributed by atoms with Crippen LogP contribution in [0.25, 0.3) is 110 Å². The third-order valence-corrected chi connectivity index (χ3v) is 21.5. The number of fused-ring (bicyclic) bond motifs is 7. The number of nitriles is 1. The minimum Gasteiger partial charge on any atom is -0.310 e. The Morgan fingerprint density at radius 1 is 0.327 bits per heavy atom. The van der Waals surface area contributed by atoms with Crippen molar-refractivity contribution in [2.45, 2.75) is 78.6 Å². The van der Waals surface area contributed by atoms with Gasteiger partial charge in [0.05, 0.1) is 40.6 Å². The first-order valence-electron chi connectivity index (χ1n) is 36.2. The molecule has 104 heavy (non-hydrogen) atoms. The van der Waals surface area contributed by atoms with Crippen molar-refractivity contribution in [2.75, 3.05) is 9.80 Å². The van der Waals surface area contributed by atoms with Gasteiger partial charge >= 0.3 is 0 Å². The predicted octanol–water partition coefficient (Wildman–Crippen LogP) is 24.9. The Hall–Kier alpha value is -12.5. The smallest absolute Gasteiger partial charge is 0.252 e. The molecule has 0 amide bonds. The van der Waals surface area contributed by atoms with Crippen molar-refractivity contribution in [1.29, 1.82) is 5.26 Å². The lowest BCUT2D eigenvalue weighted by atomic mass is 9.33. The van der Waals surface area contributed by atoms with Crippen LogP contribution in [-0.2, 0) is 16.2 Å². The van der Waals surface area contributed by atoms with Crippen LogP contribution in [0, 0.1) is 17.9 Å². The van der Waals surface area contributed by atoms with E-state index < -0.39 is 0 Å². The first-order valence-corrected chi connectivity index (χ1v) is 36.2. The maximum Gasteiger partial charge on any atom is 0.252 e. The molecule has 15 aromatic rings. The summed E-state index contributed by atoms with van der Waals surface area (Å²) in [5.74, 6) is 0. The summed E-state index contributed by atoms with van der Waals surface area (Å²) in [5.41, 5.74) is 32.8. The number of para-hydroxylation sites is 2. The molecule has 0 saturated carbocycles. The molecule has 1 aromatic heterocycles. The van der Waals surface area contributed by atoms with Gasteiger partial charge in [-0.05, 0) is 184 Å². The van der Waals surface area contributed by atoms with Crippen molar-refractivity contribution in [3.8, 4) is 89.6 Å². The zero-order valence-corrected chi connectivity index (χ0v) is 60.3. The number of anilines is 6. The molecule has 0 bridgehead atoms. The molecule has 0 N–H and O–H groups in total. The van der Waals surface area contributed by atoms with E-state index in [4.69, 9.17) is 6.57 Å². The van der Waals surface area contributed by atoms with Gasteiger partial charge in [-0.1, -0.05) is 293 Å². The van der Waals surface area contributed by atoms with Gasteiger partial charge in [-0.2, -0.15) is 5.26 Å². The number of aromatic nitrogens is 1. The first kappa shape index (κ1) is 64.9. The van der Waals surface area contributed by atoms with Gasteiger partial charge in [0.2, 0.25) is 0 Å². The lowest BCUT2D eigenvalue weighted by Gasteiger charge is -2.46. The normalized spacial score (nSPS) is 12.6. The lowest BCUT2D eigenvalue weighted by Crippen LogP contribution is -2.61. The predicted molar refractivity (Wildman–Crippen MR) is 440 cm³/mol. The van der Waals surface area contributed by atoms with E-state index in [0.29, 0.717) is 11.3 Å². The van der Waals surface area contributed by atoms with Crippen LogP contribution < -0.4 is 26.2 Å². The standard InChI is InChI=1S/C98H78BN5/c1-96(2,3)74-45-38-69(39-46-74)83-56-72(65-36-34-63(62-100)35-37-65)54-81(67-26-16-12-17-27-67)94(83)103-89-58-71(64-24-14-11-15-25-64)44-52-85(89)99-86-53-51-78(102-87-32-22-20-30-79(87)80-31-21-23-33-88(80)102)61-90(86)104(92-60-76(98(7,8)9)59-91(103)93(92)99)95-82(68-28-18-13-19-29-68)55-73(66-42-49-77(101-10)50-43-66)57-84(95)70-40-47-75(48-41-70)97(4,5)6/h11-61H,1-9H3. The highest BCUT2D eigenvalue weighted by molar-refractivity contribution is 7.00. The molecule has 0 saturated heterocycles. The van der Waals surface area contributed by atoms with Crippen LogP contribution in [0.3, 0.4) is 0 Å². The van der Waals surface area contributed by atoms with Crippen molar-refractivity contribution in [3.63, 3.8) is 0 Å². The lowest BCUT2D eigenvalue weighted by molar-refractivity contribution is 0.590. The third kappa shape index (κ3) is 11.3. The van der Waals surface area contributed by atoms with E-state index in [9.17, 15) is 5.26 Å². The van der Waals surface area contributed by atoms with Crippen LogP contribution in [0.1, 0.15) is 84.6 Å². The Labute approximate surface area is 611 Å². The Kier molecular flexibility index (Phi) is 15.7. The fourth-order valence-electron chi connectivity index (χ4n) is 16.0. The zero-order chi connectivity index (χ0) is 71.3. The summed E-state index contributed by atoms with van der Waals surface area (Å²) < 4.78 is 2.47. The van der Waals surface area contributed by atoms with Crippen LogP contribution in [0.5, 0.6) is 0 Å². The second-order valence-electron chi connectivity index (χ2n) is 31.1. The Morgan fingerprint density at radius 2 is 0.692 bits per heavy atom. The topological polar surface area (TPSA) is 39.6 Å². The molecule has 2 aliphatic heterocycles. The summed E-state index contributed by atoms with van der Waals surface area (Å²) in [7, 11) is 0. The summed E-state index contributed by atoms with van der Waals surface area (Å²) in [4.78, 5) is 9.19. The molecule has 6 heteroatoms. The molecule has 0 aliphatic carbocycles. The average Bonchev–Trinajstić information content (AvgIpc) is 0.751. The number of rotatable bonds is 10. The van der Waals surface area contributed by atoms with E-state index in [0.717, 1.165) is 129 Å². The van der Waals surface area contributed by atoms with Gasteiger partial charge in [0.25, 0.3) is 6.71 Å². The molecule has 0 atom stereocenters. The molecule has 5 nitrogen and oxygen atoms in total. The van der Waals surface area contributed by atoms with Crippen molar-refractivity contribution in [1.82, 2.24) is 4.57 Å². The Morgan fingerprint density at radius 3 is 1.12 bits per heavy atom. The molecule has 0 spiro atoms. The van der Waals surface area contributed by atoms with E-state index in [1.54, 1.807) is 0 Å². The van der Waals surface area contributed by atoms with E-state index in [1.807, 2.05) is 24.3 Å². The van der Waals surface area contributed by atoms with Gasteiger partial charge in [-0.25, -0.2) is 4.85 Å². The fraction of sp³-hybridized carbons (Fsp3) is 0.122. The molecule has 0 fully saturated rings. The SMILES string of the molecule is [C-]#[N+]c1ccc(-c2cc(-c3ccccc3)c(N3c4cc(-n5c6ccccc6c6ccccc65)ccc4B4c5ccc(-c6ccccc6)cc5N(c5c(-c6ccccc6)cc(-c6ccc(C#N)cc6)cc5-c5ccc(C(C)(C)C)cc5)c5cc(C(C)(C)C)cc3c54)c(-c3ccc(C(C)(C)C)cc3)c2)cc1. The monoisotopic (exact) mass is 1340 g/mol. The van der Waals surface area contributed by atoms with Gasteiger partial charge < -0.3 is 14.4 Å². The number of hydrogen-bond donors (Lipinski definition) is 0. The quantitative estimate of drug-likeness (QED) is 0.101. The second-order valence-corrected chi connectivity index (χ2v) is 31.1. The van der Waals surface area contributed by atoms with E-state index in [-0.39, 0.29) is 23.0 Å². The highest BCUT2D eigenvalue weighted by atomic mass is 15.2. The highest BCUT2D eigenvalue weighted by Gasteiger charge is 2.46. The summed E-state index contributed by atoms with van der Waals surface area (Å²) in [5, 5.41) is 12.6. The minimum absolute atomic E-state index is 0.0879. The Bertz CT molecular complexity index is 5900. The van der Waals surface area contributed by atoms with Crippen molar-refractivity contribution < 1.29 is 0 Å². The summed E-state index contributed by atoms with van der Waals surface area (Å²) in [6, 6.07) is 117. The van der Waals surface area contributed by atoms with Gasteiger partial charge in [0.1, 0.15) is 0 Å². The number of nitrogens with zero attached hydrogens (tertiary/aromatic N) is 5.